The molecule has 1 fully saturated rings. The first kappa shape index (κ1) is 11.4. The SMILES string of the molecule is CN(C(=O)c1sc2nccnc2c1N)C1CCC1. The van der Waals surface area contributed by atoms with Crippen LogP contribution in [0.4, 0.5) is 5.69 Å². The average Bonchev–Trinajstić information content (AvgIpc) is 2.64. The summed E-state index contributed by atoms with van der Waals surface area (Å²) in [7, 11) is 1.84. The highest BCUT2D eigenvalue weighted by atomic mass is 32.1. The number of hydrogen-bond donors (Lipinski definition) is 1. The molecule has 2 aromatic rings. The van der Waals surface area contributed by atoms with E-state index in [9.17, 15) is 4.79 Å². The van der Waals surface area contributed by atoms with Crippen molar-refractivity contribution in [3.05, 3.63) is 17.3 Å². The quantitative estimate of drug-likeness (QED) is 0.897. The zero-order valence-electron chi connectivity index (χ0n) is 10.1. The van der Waals surface area contributed by atoms with Crippen LogP contribution in [-0.2, 0) is 0 Å². The molecule has 1 amide bonds. The molecule has 0 saturated heterocycles. The Morgan fingerprint density at radius 3 is 2.78 bits per heavy atom. The van der Waals surface area contributed by atoms with Gasteiger partial charge < -0.3 is 10.6 Å². The molecule has 1 saturated carbocycles. The van der Waals surface area contributed by atoms with Gasteiger partial charge in [0.25, 0.3) is 5.91 Å². The summed E-state index contributed by atoms with van der Waals surface area (Å²) in [5.74, 6) is -0.0120. The number of nitrogens with two attached hydrogens (primary N) is 1. The fourth-order valence-corrected chi connectivity index (χ4v) is 3.11. The number of hydrogen-bond acceptors (Lipinski definition) is 5. The molecule has 0 radical (unpaired) electrons. The summed E-state index contributed by atoms with van der Waals surface area (Å²) in [4.78, 5) is 23.8. The van der Waals surface area contributed by atoms with Crippen molar-refractivity contribution in [2.75, 3.05) is 12.8 Å². The predicted octanol–water partition coefficient (Wildman–Crippen LogP) is 1.90. The molecular formula is C12H14N4OS. The molecule has 2 heterocycles. The fraction of sp³-hybridized carbons (Fsp3) is 0.417. The van der Waals surface area contributed by atoms with E-state index in [1.54, 1.807) is 17.3 Å². The van der Waals surface area contributed by atoms with Crippen molar-refractivity contribution in [2.24, 2.45) is 0 Å². The van der Waals surface area contributed by atoms with E-state index in [1.165, 1.54) is 17.8 Å². The van der Waals surface area contributed by atoms with Crippen LogP contribution in [0, 0.1) is 0 Å². The normalized spacial score (nSPS) is 15.6. The molecule has 0 spiro atoms. The Labute approximate surface area is 109 Å². The molecule has 1 aliphatic carbocycles. The van der Waals surface area contributed by atoms with Gasteiger partial charge in [0, 0.05) is 25.5 Å². The van der Waals surface area contributed by atoms with Crippen LogP contribution >= 0.6 is 11.3 Å². The first-order valence-corrected chi connectivity index (χ1v) is 6.76. The molecule has 2 aromatic heterocycles. The Hall–Kier alpha value is -1.69. The van der Waals surface area contributed by atoms with Crippen molar-refractivity contribution < 1.29 is 4.79 Å². The smallest absolute Gasteiger partial charge is 0.266 e. The van der Waals surface area contributed by atoms with Crippen LogP contribution in [0.5, 0.6) is 0 Å². The summed E-state index contributed by atoms with van der Waals surface area (Å²) in [6.07, 6.45) is 6.58. The summed E-state index contributed by atoms with van der Waals surface area (Å²) in [6.45, 7) is 0. The van der Waals surface area contributed by atoms with Crippen molar-refractivity contribution in [1.29, 1.82) is 0 Å². The number of anilines is 1. The molecule has 94 valence electrons. The van der Waals surface area contributed by atoms with Gasteiger partial charge in [-0.2, -0.15) is 0 Å². The number of nitrogens with zero attached hydrogens (tertiary/aromatic N) is 3. The van der Waals surface area contributed by atoms with Crippen molar-refractivity contribution in [3.63, 3.8) is 0 Å². The van der Waals surface area contributed by atoms with Gasteiger partial charge in [-0.3, -0.25) is 4.79 Å². The monoisotopic (exact) mass is 262 g/mol. The Bertz CT molecular complexity index is 605. The topological polar surface area (TPSA) is 72.1 Å². The lowest BCUT2D eigenvalue weighted by Gasteiger charge is -2.34. The minimum atomic E-state index is -0.0120. The van der Waals surface area contributed by atoms with Gasteiger partial charge in [-0.1, -0.05) is 0 Å². The second-order valence-corrected chi connectivity index (χ2v) is 5.55. The van der Waals surface area contributed by atoms with E-state index in [1.807, 2.05) is 7.05 Å². The maximum absolute atomic E-state index is 12.4. The van der Waals surface area contributed by atoms with E-state index in [-0.39, 0.29) is 5.91 Å². The Morgan fingerprint density at radius 2 is 2.17 bits per heavy atom. The summed E-state index contributed by atoms with van der Waals surface area (Å²) in [6, 6.07) is 0.364. The van der Waals surface area contributed by atoms with E-state index < -0.39 is 0 Å². The second-order valence-electron chi connectivity index (χ2n) is 4.56. The molecule has 5 nitrogen and oxygen atoms in total. The number of aromatic nitrogens is 2. The Morgan fingerprint density at radius 1 is 1.44 bits per heavy atom. The average molecular weight is 262 g/mol. The van der Waals surface area contributed by atoms with Gasteiger partial charge in [0.2, 0.25) is 0 Å². The minimum absolute atomic E-state index is 0.0120. The summed E-state index contributed by atoms with van der Waals surface area (Å²) < 4.78 is 0. The van der Waals surface area contributed by atoms with Gasteiger partial charge in [0.05, 0.1) is 5.69 Å². The van der Waals surface area contributed by atoms with Gasteiger partial charge in [-0.05, 0) is 19.3 Å². The fourth-order valence-electron chi connectivity index (χ4n) is 2.10. The van der Waals surface area contributed by atoms with Crippen molar-refractivity contribution in [1.82, 2.24) is 14.9 Å². The van der Waals surface area contributed by atoms with Crippen LogP contribution < -0.4 is 5.73 Å². The molecule has 6 heteroatoms. The summed E-state index contributed by atoms with van der Waals surface area (Å²) in [5, 5.41) is 0. The standard InChI is InChI=1S/C12H14N4OS/c1-16(7-3-2-4-7)12(17)10-8(13)9-11(18-10)15-6-5-14-9/h5-7H,2-4,13H2,1H3. The third-order valence-corrected chi connectivity index (χ3v) is 4.59. The Balaban J connectivity index is 1.98. The van der Waals surface area contributed by atoms with E-state index in [4.69, 9.17) is 5.73 Å². The number of fused-ring (bicyclic) bond motifs is 1. The first-order valence-electron chi connectivity index (χ1n) is 5.94. The molecule has 0 bridgehead atoms. The third kappa shape index (κ3) is 1.64. The van der Waals surface area contributed by atoms with Gasteiger partial charge in [-0.15, -0.1) is 11.3 Å². The van der Waals surface area contributed by atoms with Crippen LogP contribution in [0.3, 0.4) is 0 Å². The molecule has 0 aliphatic heterocycles. The van der Waals surface area contributed by atoms with Crippen molar-refractivity contribution >= 4 is 33.3 Å². The lowest BCUT2D eigenvalue weighted by atomic mass is 9.92. The van der Waals surface area contributed by atoms with Crippen LogP contribution in [-0.4, -0.2) is 33.9 Å². The van der Waals surface area contributed by atoms with Crippen LogP contribution in [0.2, 0.25) is 0 Å². The van der Waals surface area contributed by atoms with Gasteiger partial charge in [-0.25, -0.2) is 9.97 Å². The number of amides is 1. The van der Waals surface area contributed by atoms with Crippen LogP contribution in [0.15, 0.2) is 12.4 Å². The second kappa shape index (κ2) is 4.20. The maximum Gasteiger partial charge on any atom is 0.266 e. The van der Waals surface area contributed by atoms with Crippen LogP contribution in [0.1, 0.15) is 28.9 Å². The molecule has 0 atom stereocenters. The number of nitrogen functional groups attached to an aromatic ring is 1. The molecule has 18 heavy (non-hydrogen) atoms. The molecular weight excluding hydrogens is 248 g/mol. The predicted molar refractivity (Wildman–Crippen MR) is 71.6 cm³/mol. The Kier molecular flexibility index (Phi) is 2.66. The zero-order valence-corrected chi connectivity index (χ0v) is 10.9. The number of rotatable bonds is 2. The van der Waals surface area contributed by atoms with Crippen molar-refractivity contribution in [3.8, 4) is 0 Å². The van der Waals surface area contributed by atoms with Gasteiger partial charge in [0.15, 0.2) is 0 Å². The lowest BCUT2D eigenvalue weighted by Crippen LogP contribution is -2.41. The molecule has 0 unspecified atom stereocenters. The largest absolute Gasteiger partial charge is 0.396 e. The van der Waals surface area contributed by atoms with E-state index in [0.29, 0.717) is 22.1 Å². The lowest BCUT2D eigenvalue weighted by molar-refractivity contribution is 0.0658. The maximum atomic E-state index is 12.4. The first-order chi connectivity index (χ1) is 8.68. The molecule has 3 rings (SSSR count). The van der Waals surface area contributed by atoms with Crippen molar-refractivity contribution in [2.45, 2.75) is 25.3 Å². The van der Waals surface area contributed by atoms with E-state index >= 15 is 0 Å². The van der Waals surface area contributed by atoms with E-state index in [2.05, 4.69) is 9.97 Å². The number of carbonyl (C=O) groups excluding carboxylic acids is 1. The van der Waals surface area contributed by atoms with Gasteiger partial charge in [0.1, 0.15) is 15.2 Å². The van der Waals surface area contributed by atoms with E-state index in [0.717, 1.165) is 17.7 Å². The van der Waals surface area contributed by atoms with Gasteiger partial charge >= 0.3 is 0 Å². The molecule has 2 N–H and O–H groups in total. The number of carbonyl (C=O) groups is 1. The summed E-state index contributed by atoms with van der Waals surface area (Å²) in [5.41, 5.74) is 7.09. The van der Waals surface area contributed by atoms with Crippen LogP contribution in [0.25, 0.3) is 10.3 Å². The minimum Gasteiger partial charge on any atom is -0.396 e. The zero-order chi connectivity index (χ0) is 12.7. The highest BCUT2D eigenvalue weighted by molar-refractivity contribution is 7.21. The number of thiophene rings is 1. The third-order valence-electron chi connectivity index (χ3n) is 3.50. The summed E-state index contributed by atoms with van der Waals surface area (Å²) >= 11 is 1.32. The highest BCUT2D eigenvalue weighted by Crippen LogP contribution is 2.33. The molecule has 1 aliphatic rings. The molecule has 0 aromatic carbocycles. The highest BCUT2D eigenvalue weighted by Gasteiger charge is 2.29.